The fraction of sp³-hybridized carbons (Fsp3) is 0.133. The normalized spacial score (nSPS) is 10.2. The molecule has 2 rings (SSSR count). The molecule has 0 saturated carbocycles. The first-order chi connectivity index (χ1) is 9.99. The number of carboxylic acid groups (broad SMARTS) is 1. The van der Waals surface area contributed by atoms with Crippen LogP contribution in [0.4, 0.5) is 0 Å². The molecule has 0 atom stereocenters. The molecule has 0 fully saturated rings. The van der Waals surface area contributed by atoms with Crippen LogP contribution in [0.5, 0.6) is 17.2 Å². The van der Waals surface area contributed by atoms with Gasteiger partial charge in [0.25, 0.3) is 0 Å². The van der Waals surface area contributed by atoms with E-state index in [2.05, 4.69) is 0 Å². The minimum absolute atomic E-state index is 0.193. The van der Waals surface area contributed by atoms with Crippen molar-refractivity contribution in [2.75, 3.05) is 14.2 Å². The molecule has 0 aromatic heterocycles. The van der Waals surface area contributed by atoms with Gasteiger partial charge in [-0.3, -0.25) is 0 Å². The highest BCUT2D eigenvalue weighted by Gasteiger charge is 2.17. The Morgan fingerprint density at radius 1 is 1.14 bits per heavy atom. The molecular weight excluding hydrogens is 296 g/mol. The van der Waals surface area contributed by atoms with Gasteiger partial charge in [-0.05, 0) is 29.8 Å². The highest BCUT2D eigenvalue weighted by atomic mass is 35.5. The number of rotatable bonds is 4. The summed E-state index contributed by atoms with van der Waals surface area (Å²) >= 11 is 6.18. The highest BCUT2D eigenvalue weighted by molar-refractivity contribution is 6.34. The molecule has 0 amide bonds. The Balaban J connectivity index is 2.64. The van der Waals surface area contributed by atoms with Crippen molar-refractivity contribution >= 4 is 17.6 Å². The molecule has 0 heterocycles. The summed E-state index contributed by atoms with van der Waals surface area (Å²) in [5.74, 6) is -0.690. The highest BCUT2D eigenvalue weighted by Crippen LogP contribution is 2.42. The van der Waals surface area contributed by atoms with Crippen LogP contribution in [-0.2, 0) is 0 Å². The van der Waals surface area contributed by atoms with Gasteiger partial charge in [0.2, 0.25) is 0 Å². The molecule has 5 nitrogen and oxygen atoms in total. The molecule has 110 valence electrons. The summed E-state index contributed by atoms with van der Waals surface area (Å²) in [6, 6.07) is 7.63. The van der Waals surface area contributed by atoms with Crippen molar-refractivity contribution in [3.8, 4) is 28.4 Å². The lowest BCUT2D eigenvalue weighted by molar-refractivity contribution is 0.0694. The number of hydrogen-bond acceptors (Lipinski definition) is 4. The molecule has 0 aliphatic heterocycles. The number of benzene rings is 2. The number of phenols is 1. The van der Waals surface area contributed by atoms with Crippen molar-refractivity contribution in [1.29, 1.82) is 0 Å². The Morgan fingerprint density at radius 2 is 1.86 bits per heavy atom. The number of halogens is 1. The van der Waals surface area contributed by atoms with Crippen LogP contribution in [0.15, 0.2) is 30.3 Å². The third-order valence-corrected chi connectivity index (χ3v) is 3.38. The van der Waals surface area contributed by atoms with Gasteiger partial charge in [0.15, 0.2) is 0 Å². The van der Waals surface area contributed by atoms with Crippen LogP contribution in [0.25, 0.3) is 11.1 Å². The summed E-state index contributed by atoms with van der Waals surface area (Å²) in [7, 11) is 2.95. The zero-order valence-corrected chi connectivity index (χ0v) is 12.1. The maximum atomic E-state index is 11.1. The van der Waals surface area contributed by atoms with E-state index in [9.17, 15) is 9.90 Å². The summed E-state index contributed by atoms with van der Waals surface area (Å²) in [4.78, 5) is 11.1. The zero-order chi connectivity index (χ0) is 15.6. The van der Waals surface area contributed by atoms with E-state index in [1.807, 2.05) is 0 Å². The maximum absolute atomic E-state index is 11.1. The van der Waals surface area contributed by atoms with E-state index in [4.69, 9.17) is 26.2 Å². The van der Waals surface area contributed by atoms with Crippen LogP contribution in [0, 0.1) is 0 Å². The smallest absolute Gasteiger partial charge is 0.339 e. The molecule has 6 heteroatoms. The van der Waals surface area contributed by atoms with Crippen molar-refractivity contribution in [2.45, 2.75) is 0 Å². The van der Waals surface area contributed by atoms with E-state index in [1.165, 1.54) is 26.4 Å². The Kier molecular flexibility index (Phi) is 4.23. The standard InChI is InChI=1S/C15H13ClO5/c1-20-12-6-4-9(14(21-2)13(12)16)8-3-5-11(17)10(7-8)15(18)19/h3-7,17H,1-2H3,(H,18,19). The number of aromatic hydroxyl groups is 1. The molecule has 2 aromatic carbocycles. The molecule has 0 saturated heterocycles. The Bertz CT molecular complexity index is 697. The predicted octanol–water partition coefficient (Wildman–Crippen LogP) is 3.43. The van der Waals surface area contributed by atoms with Crippen LogP contribution in [-0.4, -0.2) is 30.4 Å². The van der Waals surface area contributed by atoms with Crippen LogP contribution in [0.1, 0.15) is 10.4 Å². The number of aromatic carboxylic acids is 1. The Labute approximate surface area is 126 Å². The van der Waals surface area contributed by atoms with Crippen molar-refractivity contribution in [1.82, 2.24) is 0 Å². The van der Waals surface area contributed by atoms with Crippen LogP contribution < -0.4 is 9.47 Å². The number of carbonyl (C=O) groups is 1. The minimum atomic E-state index is -1.21. The van der Waals surface area contributed by atoms with Gasteiger partial charge in [-0.2, -0.15) is 0 Å². The van der Waals surface area contributed by atoms with Gasteiger partial charge >= 0.3 is 5.97 Å². The molecule has 0 unspecified atom stereocenters. The molecule has 2 N–H and O–H groups in total. The topological polar surface area (TPSA) is 76.0 Å². The molecule has 0 bridgehead atoms. The summed E-state index contributed by atoms with van der Waals surface area (Å²) < 4.78 is 10.4. The summed E-state index contributed by atoms with van der Waals surface area (Å²) in [6.07, 6.45) is 0. The average Bonchev–Trinajstić information content (AvgIpc) is 2.47. The van der Waals surface area contributed by atoms with Crippen molar-refractivity contribution in [2.24, 2.45) is 0 Å². The van der Waals surface area contributed by atoms with Gasteiger partial charge in [-0.15, -0.1) is 0 Å². The van der Waals surface area contributed by atoms with E-state index < -0.39 is 5.97 Å². The Hall–Kier alpha value is -2.40. The lowest BCUT2D eigenvalue weighted by atomic mass is 10.0. The second kappa shape index (κ2) is 5.93. The van der Waals surface area contributed by atoms with Gasteiger partial charge in [0.1, 0.15) is 27.8 Å². The molecule has 0 radical (unpaired) electrons. The van der Waals surface area contributed by atoms with Crippen molar-refractivity contribution in [3.05, 3.63) is 40.9 Å². The Morgan fingerprint density at radius 3 is 2.43 bits per heavy atom. The third-order valence-electron chi connectivity index (χ3n) is 3.02. The van der Waals surface area contributed by atoms with Crippen LogP contribution >= 0.6 is 11.6 Å². The van der Waals surface area contributed by atoms with Crippen LogP contribution in [0.3, 0.4) is 0 Å². The third kappa shape index (κ3) is 2.73. The number of ether oxygens (including phenoxy) is 2. The molecule has 2 aromatic rings. The maximum Gasteiger partial charge on any atom is 0.339 e. The summed E-state index contributed by atoms with van der Waals surface area (Å²) in [5.41, 5.74) is 0.971. The van der Waals surface area contributed by atoms with E-state index in [0.29, 0.717) is 27.6 Å². The fourth-order valence-electron chi connectivity index (χ4n) is 2.00. The second-order valence-electron chi connectivity index (χ2n) is 4.20. The van der Waals surface area contributed by atoms with Gasteiger partial charge in [0, 0.05) is 5.56 Å². The first-order valence-corrected chi connectivity index (χ1v) is 6.34. The second-order valence-corrected chi connectivity index (χ2v) is 4.58. The zero-order valence-electron chi connectivity index (χ0n) is 11.4. The monoisotopic (exact) mass is 308 g/mol. The number of hydrogen-bond donors (Lipinski definition) is 2. The van der Waals surface area contributed by atoms with E-state index in [1.54, 1.807) is 18.2 Å². The molecule has 21 heavy (non-hydrogen) atoms. The van der Waals surface area contributed by atoms with Crippen LogP contribution in [0.2, 0.25) is 5.02 Å². The predicted molar refractivity (Wildman–Crippen MR) is 78.6 cm³/mol. The molecule has 0 aliphatic carbocycles. The van der Waals surface area contributed by atoms with Gasteiger partial charge < -0.3 is 19.7 Å². The molecule has 0 aliphatic rings. The average molecular weight is 309 g/mol. The van der Waals surface area contributed by atoms with Gasteiger partial charge in [-0.25, -0.2) is 4.79 Å². The summed E-state index contributed by atoms with van der Waals surface area (Å²) in [5, 5.41) is 18.9. The van der Waals surface area contributed by atoms with Gasteiger partial charge in [-0.1, -0.05) is 17.7 Å². The molecular formula is C15H13ClO5. The van der Waals surface area contributed by atoms with E-state index in [-0.39, 0.29) is 11.3 Å². The molecule has 0 spiro atoms. The van der Waals surface area contributed by atoms with Crippen molar-refractivity contribution < 1.29 is 24.5 Å². The number of carboxylic acids is 1. The van der Waals surface area contributed by atoms with E-state index in [0.717, 1.165) is 0 Å². The SMILES string of the molecule is COc1ccc(-c2ccc(O)c(C(=O)O)c2)c(OC)c1Cl. The first-order valence-electron chi connectivity index (χ1n) is 5.96. The quantitative estimate of drug-likeness (QED) is 0.905. The largest absolute Gasteiger partial charge is 0.507 e. The first kappa shape index (κ1) is 15.0. The van der Waals surface area contributed by atoms with Crippen molar-refractivity contribution in [3.63, 3.8) is 0 Å². The number of methoxy groups -OCH3 is 2. The lowest BCUT2D eigenvalue weighted by Gasteiger charge is -2.14. The fourth-order valence-corrected chi connectivity index (χ4v) is 2.32. The van der Waals surface area contributed by atoms with E-state index >= 15 is 0 Å². The minimum Gasteiger partial charge on any atom is -0.507 e. The van der Waals surface area contributed by atoms with Gasteiger partial charge in [0.05, 0.1) is 14.2 Å². The lowest BCUT2D eigenvalue weighted by Crippen LogP contribution is -1.98. The summed E-state index contributed by atoms with van der Waals surface area (Å²) in [6.45, 7) is 0.